The predicted octanol–water partition coefficient (Wildman–Crippen LogP) is 5.52. The lowest BCUT2D eigenvalue weighted by molar-refractivity contribution is -0.137. The second kappa shape index (κ2) is 7.26. The maximum Gasteiger partial charge on any atom is 0.416 e. The minimum Gasteiger partial charge on any atom is -0.508 e. The molecule has 3 aromatic carbocycles. The van der Waals surface area contributed by atoms with Crippen molar-refractivity contribution in [1.29, 1.82) is 0 Å². The molecule has 0 radical (unpaired) electrons. The lowest BCUT2D eigenvalue weighted by Crippen LogP contribution is -2.23. The number of benzene rings is 3. The maximum absolute atomic E-state index is 13.2. The van der Waals surface area contributed by atoms with E-state index >= 15 is 0 Å². The van der Waals surface area contributed by atoms with Crippen molar-refractivity contribution < 1.29 is 32.9 Å². The third kappa shape index (κ3) is 3.74. The maximum atomic E-state index is 13.2. The molecule has 4 rings (SSSR count). The van der Waals surface area contributed by atoms with Crippen molar-refractivity contribution >= 4 is 11.9 Å². The summed E-state index contributed by atoms with van der Waals surface area (Å²) in [6, 6.07) is 14.7. The monoisotopic (exact) mass is 412 g/mol. The van der Waals surface area contributed by atoms with E-state index in [1.165, 1.54) is 48.5 Å². The normalized spacial score (nSPS) is 17.5. The number of hydrogen-bond donors (Lipinski definition) is 2. The molecule has 0 aromatic heterocycles. The fraction of sp³-hybridized carbons (Fsp3) is 0.0870. The number of rotatable bonds is 2. The first-order valence-electron chi connectivity index (χ1n) is 8.94. The highest BCUT2D eigenvalue weighted by molar-refractivity contribution is 6.14. The van der Waals surface area contributed by atoms with Gasteiger partial charge in [-0.15, -0.1) is 0 Å². The van der Waals surface area contributed by atoms with Gasteiger partial charge in [-0.2, -0.15) is 13.2 Å². The molecule has 30 heavy (non-hydrogen) atoms. The first kappa shape index (κ1) is 19.6. The number of Topliss-reactive ketones (excluding diaryl/α,β-unsaturated/α-hetero) is 1. The van der Waals surface area contributed by atoms with Gasteiger partial charge >= 0.3 is 6.18 Å². The minimum absolute atomic E-state index is 0.0412. The van der Waals surface area contributed by atoms with Crippen molar-refractivity contribution in [3.63, 3.8) is 0 Å². The van der Waals surface area contributed by atoms with Crippen LogP contribution < -0.4 is 4.74 Å². The number of fused-ring (bicyclic) bond motifs is 1. The summed E-state index contributed by atoms with van der Waals surface area (Å²) in [6.45, 7) is 0. The molecule has 1 heterocycles. The quantitative estimate of drug-likeness (QED) is 0.544. The Kier molecular flexibility index (Phi) is 4.73. The Labute approximate surface area is 169 Å². The number of carbonyl (C=O) groups excluding carboxylic acids is 1. The van der Waals surface area contributed by atoms with Crippen LogP contribution in [0.15, 0.2) is 72.3 Å². The number of aromatic hydroxyl groups is 2. The molecular weight excluding hydrogens is 397 g/mol. The minimum atomic E-state index is -4.46. The Morgan fingerprint density at radius 3 is 2.13 bits per heavy atom. The van der Waals surface area contributed by atoms with Crippen LogP contribution in [-0.2, 0) is 6.18 Å². The topological polar surface area (TPSA) is 66.8 Å². The Hall–Kier alpha value is -3.74. The van der Waals surface area contributed by atoms with E-state index < -0.39 is 23.6 Å². The van der Waals surface area contributed by atoms with Crippen LogP contribution in [0.1, 0.15) is 33.2 Å². The molecule has 7 heteroatoms. The summed E-state index contributed by atoms with van der Waals surface area (Å²) in [7, 11) is 0. The smallest absolute Gasteiger partial charge is 0.416 e. The van der Waals surface area contributed by atoms with Crippen molar-refractivity contribution in [2.45, 2.75) is 12.3 Å². The Morgan fingerprint density at radius 2 is 1.50 bits per heavy atom. The summed E-state index contributed by atoms with van der Waals surface area (Å²) in [5, 5.41) is 19.3. The van der Waals surface area contributed by atoms with Gasteiger partial charge in [-0.05, 0) is 59.7 Å². The van der Waals surface area contributed by atoms with Crippen molar-refractivity contribution in [1.82, 2.24) is 0 Å². The lowest BCUT2D eigenvalue weighted by Gasteiger charge is -2.28. The number of ether oxygens (including phenoxy) is 1. The Bertz CT molecular complexity index is 1130. The Balaban J connectivity index is 1.81. The molecule has 1 aliphatic heterocycles. The van der Waals surface area contributed by atoms with Gasteiger partial charge in [0.25, 0.3) is 0 Å². The van der Waals surface area contributed by atoms with Gasteiger partial charge in [0.05, 0.1) is 11.1 Å². The molecule has 0 spiro atoms. The molecule has 1 aliphatic rings. The van der Waals surface area contributed by atoms with Crippen molar-refractivity contribution in [3.05, 3.63) is 94.6 Å². The summed E-state index contributed by atoms with van der Waals surface area (Å²) in [5.41, 5.74) is 0.531. The van der Waals surface area contributed by atoms with Gasteiger partial charge in [0, 0.05) is 5.57 Å². The van der Waals surface area contributed by atoms with E-state index in [2.05, 4.69) is 0 Å². The first-order valence-corrected chi connectivity index (χ1v) is 8.94. The zero-order valence-electron chi connectivity index (χ0n) is 15.4. The standard InChI is InChI=1S/C23H15F3O4/c24-23(25,26)15-5-1-13(2-6-15)11-19-21(29)18-12-17(28)9-10-20(18)30-22(19)14-3-7-16(27)8-4-14/h1-12,22,27-28H/b19-11+. The number of hydrogen-bond acceptors (Lipinski definition) is 4. The van der Waals surface area contributed by atoms with E-state index in [1.54, 1.807) is 12.1 Å². The van der Waals surface area contributed by atoms with E-state index in [0.717, 1.165) is 12.1 Å². The summed E-state index contributed by atoms with van der Waals surface area (Å²) in [5.74, 6) is -0.201. The van der Waals surface area contributed by atoms with Crippen molar-refractivity contribution in [3.8, 4) is 17.2 Å². The number of phenols is 2. The van der Waals surface area contributed by atoms with Crippen molar-refractivity contribution in [2.75, 3.05) is 0 Å². The molecule has 1 unspecified atom stereocenters. The third-order valence-corrected chi connectivity index (χ3v) is 4.75. The largest absolute Gasteiger partial charge is 0.508 e. The summed E-state index contributed by atoms with van der Waals surface area (Å²) in [4.78, 5) is 13.2. The SMILES string of the molecule is O=C1/C(=C\c2ccc(C(F)(F)F)cc2)C(c2ccc(O)cc2)Oc2ccc(O)cc21. The van der Waals surface area contributed by atoms with Crippen LogP contribution >= 0.6 is 0 Å². The van der Waals surface area contributed by atoms with Crippen LogP contribution in [0.3, 0.4) is 0 Å². The number of halogens is 3. The molecule has 0 aliphatic carbocycles. The van der Waals surface area contributed by atoms with Crippen molar-refractivity contribution in [2.24, 2.45) is 0 Å². The zero-order valence-corrected chi connectivity index (χ0v) is 15.4. The molecular formula is C23H15F3O4. The van der Waals surface area contributed by atoms with E-state index in [1.807, 2.05) is 0 Å². The predicted molar refractivity (Wildman–Crippen MR) is 103 cm³/mol. The molecule has 0 saturated carbocycles. The molecule has 4 nitrogen and oxygen atoms in total. The molecule has 0 fully saturated rings. The molecule has 1 atom stereocenters. The molecule has 3 aromatic rings. The number of ketones is 1. The van der Waals surface area contributed by atoms with Gasteiger partial charge < -0.3 is 14.9 Å². The first-order chi connectivity index (χ1) is 14.2. The Morgan fingerprint density at radius 1 is 0.867 bits per heavy atom. The van der Waals surface area contributed by atoms with Gasteiger partial charge in [0.1, 0.15) is 17.2 Å². The lowest BCUT2D eigenvalue weighted by atomic mass is 9.89. The van der Waals surface area contributed by atoms with Gasteiger partial charge in [0.2, 0.25) is 0 Å². The van der Waals surface area contributed by atoms with Gasteiger partial charge in [-0.3, -0.25) is 4.79 Å². The molecule has 0 amide bonds. The molecule has 2 N–H and O–H groups in total. The van der Waals surface area contributed by atoms with Crippen LogP contribution in [0.2, 0.25) is 0 Å². The van der Waals surface area contributed by atoms with Crippen LogP contribution in [0.4, 0.5) is 13.2 Å². The third-order valence-electron chi connectivity index (χ3n) is 4.75. The van der Waals surface area contributed by atoms with Crippen LogP contribution in [0, 0.1) is 0 Å². The van der Waals surface area contributed by atoms with E-state index in [0.29, 0.717) is 11.1 Å². The number of alkyl halides is 3. The van der Waals surface area contributed by atoms with Crippen LogP contribution in [0.25, 0.3) is 6.08 Å². The highest BCUT2D eigenvalue weighted by Gasteiger charge is 2.34. The van der Waals surface area contributed by atoms with Gasteiger partial charge in [0.15, 0.2) is 11.9 Å². The summed E-state index contributed by atoms with van der Waals surface area (Å²) < 4.78 is 44.5. The molecule has 0 saturated heterocycles. The zero-order chi connectivity index (χ0) is 21.5. The van der Waals surface area contributed by atoms with Gasteiger partial charge in [-0.1, -0.05) is 24.3 Å². The van der Waals surface area contributed by atoms with E-state index in [4.69, 9.17) is 4.74 Å². The van der Waals surface area contributed by atoms with Crippen LogP contribution in [0.5, 0.6) is 17.2 Å². The highest BCUT2D eigenvalue weighted by Crippen LogP contribution is 2.41. The van der Waals surface area contributed by atoms with E-state index in [9.17, 15) is 28.2 Å². The fourth-order valence-corrected chi connectivity index (χ4v) is 3.25. The highest BCUT2D eigenvalue weighted by atomic mass is 19.4. The molecule has 0 bridgehead atoms. The number of phenolic OH excluding ortho intramolecular Hbond substituents is 2. The summed E-state index contributed by atoms with van der Waals surface area (Å²) >= 11 is 0. The second-order valence-electron chi connectivity index (χ2n) is 6.82. The second-order valence-corrected chi connectivity index (χ2v) is 6.82. The number of carbonyl (C=O) groups is 1. The van der Waals surface area contributed by atoms with E-state index in [-0.39, 0.29) is 28.4 Å². The average Bonchev–Trinajstić information content (AvgIpc) is 2.71. The molecule has 152 valence electrons. The van der Waals surface area contributed by atoms with Crippen LogP contribution in [-0.4, -0.2) is 16.0 Å². The fourth-order valence-electron chi connectivity index (χ4n) is 3.25. The van der Waals surface area contributed by atoms with Gasteiger partial charge in [-0.25, -0.2) is 0 Å². The summed E-state index contributed by atoms with van der Waals surface area (Å²) in [6.07, 6.45) is -3.83. The average molecular weight is 412 g/mol.